The number of aromatic nitrogens is 1. The van der Waals surface area contributed by atoms with Crippen LogP contribution in [0, 0.1) is 5.41 Å². The Balaban J connectivity index is 1.18. The van der Waals surface area contributed by atoms with Crippen molar-refractivity contribution in [2.45, 2.75) is 78.2 Å². The summed E-state index contributed by atoms with van der Waals surface area (Å²) in [4.78, 5) is 131. The summed E-state index contributed by atoms with van der Waals surface area (Å²) in [6, 6.07) is 1.56. The van der Waals surface area contributed by atoms with Gasteiger partial charge in [-0.3, -0.25) is 43.0 Å². The zero-order valence-corrected chi connectivity index (χ0v) is 42.1. The Morgan fingerprint density at radius 2 is 1.36 bits per heavy atom. The van der Waals surface area contributed by atoms with Crippen LogP contribution >= 0.6 is 0 Å². The molecule has 5 aliphatic heterocycles. The Bertz CT molecular complexity index is 2960. The van der Waals surface area contributed by atoms with Gasteiger partial charge in [0, 0.05) is 69.3 Å². The summed E-state index contributed by atoms with van der Waals surface area (Å²) < 4.78 is 68.6. The maximum Gasteiger partial charge on any atom is 0.361 e. The highest BCUT2D eigenvalue weighted by molar-refractivity contribution is 7.85. The summed E-state index contributed by atoms with van der Waals surface area (Å²) in [5.74, 6) is -7.00. The van der Waals surface area contributed by atoms with E-state index in [1.165, 1.54) is 31.1 Å². The van der Waals surface area contributed by atoms with Crippen LogP contribution in [0.2, 0.25) is 0 Å². The molecule has 0 radical (unpaired) electrons. The highest BCUT2D eigenvalue weighted by atomic mass is 32.2. The maximum absolute atomic E-state index is 13.7. The zero-order valence-electron chi connectivity index (χ0n) is 40.5. The van der Waals surface area contributed by atoms with Crippen LogP contribution in [0.15, 0.2) is 81.7 Å². The Labute approximate surface area is 418 Å². The van der Waals surface area contributed by atoms with E-state index in [1.807, 2.05) is 27.7 Å². The normalized spacial score (nSPS) is 18.8. The standard InChI is InChI=1S/C45H52N8O18S2/c1-44(2)30-22-28(42(60)48(5)68-26-38(58)70-52-34(54)14-15-35(52)55)24-50(18-10-20-72(62,63)64)40(30)46-32(44)12-8-7-9-13-33-45(3,4)31-23-29(25-51(41(31)47-33)19-11-21-73(65,66)67)43(61)49(6)69-27-39(59)71-53-36(56)16-17-37(53)57/h7-9,12-13,22-25H,10-11,14-21,26-27H2,1-6H3,(H-,62,63,64,65,66,67). The SMILES string of the molecule is CN(OCC(=O)ON1C(=O)CCC1=O)C(=O)C1=CN(CCCS(=O)(=O)O)C2=N/C(=C/C=C/C=C/C3=Nc4c(cc(C(=O)N(C)OCC(=O)ON5C(=O)CCC5=O)c[n+]4CCCS(=O)(=O)[O-])C3(C)C)C(C)(C)C2=C1. The van der Waals surface area contributed by atoms with Crippen LogP contribution in [0.25, 0.3) is 0 Å². The van der Waals surface area contributed by atoms with Gasteiger partial charge in [-0.1, -0.05) is 32.1 Å². The zero-order chi connectivity index (χ0) is 53.8. The molecule has 392 valence electrons. The van der Waals surface area contributed by atoms with E-state index in [0.29, 0.717) is 44.3 Å². The molecule has 0 aliphatic carbocycles. The van der Waals surface area contributed by atoms with Crippen molar-refractivity contribution in [1.82, 2.24) is 25.2 Å². The van der Waals surface area contributed by atoms with Gasteiger partial charge < -0.3 is 19.1 Å². The van der Waals surface area contributed by atoms with Crippen molar-refractivity contribution in [1.29, 1.82) is 0 Å². The molecule has 28 heteroatoms. The third-order valence-corrected chi connectivity index (χ3v) is 13.4. The molecule has 1 N–H and O–H groups in total. The molecule has 0 unspecified atom stereocenters. The Morgan fingerprint density at radius 1 is 0.795 bits per heavy atom. The molecule has 26 nitrogen and oxygen atoms in total. The molecule has 0 saturated carbocycles. The fraction of sp³-hybridized carbons (Fsp3) is 0.444. The topological polar surface area (TPSA) is 330 Å². The number of rotatable bonds is 21. The largest absolute Gasteiger partial charge is 0.748 e. The first-order chi connectivity index (χ1) is 34.1. The number of carbonyl (C=O) groups excluding carboxylic acids is 8. The average Bonchev–Trinajstić information content (AvgIpc) is 3.97. The number of carbonyl (C=O) groups is 8. The van der Waals surface area contributed by atoms with Crippen LogP contribution in [0.4, 0.5) is 5.82 Å². The fourth-order valence-corrected chi connectivity index (χ4v) is 8.82. The number of fused-ring (bicyclic) bond motifs is 2. The van der Waals surface area contributed by atoms with Gasteiger partial charge >= 0.3 is 17.8 Å². The lowest BCUT2D eigenvalue weighted by Crippen LogP contribution is -2.39. The van der Waals surface area contributed by atoms with Crippen LogP contribution in [0.5, 0.6) is 0 Å². The van der Waals surface area contributed by atoms with Crippen molar-refractivity contribution in [3.05, 3.63) is 82.9 Å². The summed E-state index contributed by atoms with van der Waals surface area (Å²) >= 11 is 0. The summed E-state index contributed by atoms with van der Waals surface area (Å²) in [5.41, 5.74) is 0.546. The second kappa shape index (κ2) is 21.9. The molecule has 0 aromatic carbocycles. The number of pyridine rings is 1. The summed E-state index contributed by atoms with van der Waals surface area (Å²) in [6.45, 7) is 5.67. The van der Waals surface area contributed by atoms with Crippen LogP contribution in [-0.2, 0) is 85.1 Å². The molecule has 0 atom stereocenters. The Hall–Kier alpha value is -7.11. The van der Waals surface area contributed by atoms with Gasteiger partial charge in [0.2, 0.25) is 0 Å². The molecule has 6 rings (SSSR count). The van der Waals surface area contributed by atoms with Crippen molar-refractivity contribution >= 4 is 85.0 Å². The number of allylic oxidation sites excluding steroid dienone is 6. The number of imide groups is 2. The van der Waals surface area contributed by atoms with Gasteiger partial charge in [-0.15, -0.1) is 10.1 Å². The van der Waals surface area contributed by atoms with E-state index < -0.39 is 103 Å². The van der Waals surface area contributed by atoms with Crippen LogP contribution in [0.1, 0.15) is 82.1 Å². The predicted molar refractivity (Wildman–Crippen MR) is 249 cm³/mol. The van der Waals surface area contributed by atoms with Crippen LogP contribution in [-0.4, -0.2) is 155 Å². The average molecular weight is 1060 g/mol. The van der Waals surface area contributed by atoms with Crippen LogP contribution in [0.3, 0.4) is 0 Å². The second-order valence-corrected chi connectivity index (χ2v) is 21.1. The predicted octanol–water partition coefficient (Wildman–Crippen LogP) is 0.720. The van der Waals surface area contributed by atoms with E-state index in [2.05, 4.69) is 0 Å². The van der Waals surface area contributed by atoms with E-state index >= 15 is 0 Å². The number of nitrogens with zero attached hydrogens (tertiary/aromatic N) is 8. The molecule has 2 saturated heterocycles. The molecule has 0 spiro atoms. The summed E-state index contributed by atoms with van der Waals surface area (Å²) in [7, 11) is -6.47. The molecule has 1 aromatic rings. The lowest BCUT2D eigenvalue weighted by atomic mass is 9.80. The lowest BCUT2D eigenvalue weighted by Gasteiger charge is -2.31. The summed E-state index contributed by atoms with van der Waals surface area (Å²) in [5, 5.41) is 2.18. The van der Waals surface area contributed by atoms with Gasteiger partial charge in [-0.25, -0.2) is 37.7 Å². The van der Waals surface area contributed by atoms with Crippen molar-refractivity contribution < 1.29 is 88.2 Å². The summed E-state index contributed by atoms with van der Waals surface area (Å²) in [6.07, 6.45) is 12.3. The molecule has 0 bridgehead atoms. The van der Waals surface area contributed by atoms with Gasteiger partial charge in [0.05, 0.1) is 50.2 Å². The van der Waals surface area contributed by atoms with E-state index in [1.54, 1.807) is 47.4 Å². The maximum atomic E-state index is 13.7. The van der Waals surface area contributed by atoms with Gasteiger partial charge in [-0.2, -0.15) is 8.42 Å². The lowest BCUT2D eigenvalue weighted by molar-refractivity contribution is -0.684. The van der Waals surface area contributed by atoms with Crippen molar-refractivity contribution in [2.75, 3.05) is 45.4 Å². The Kier molecular flexibility index (Phi) is 16.6. The quantitative estimate of drug-likeness (QED) is 0.0583. The first-order valence-electron chi connectivity index (χ1n) is 22.4. The smallest absolute Gasteiger partial charge is 0.361 e. The molecular formula is C45H52N8O18S2. The van der Waals surface area contributed by atoms with Gasteiger partial charge in [-0.05, 0) is 56.0 Å². The molecule has 1 aromatic heterocycles. The minimum atomic E-state index is -4.58. The number of hydrogen-bond donors (Lipinski definition) is 1. The van der Waals surface area contributed by atoms with Gasteiger partial charge in [0.15, 0.2) is 18.9 Å². The molecule has 2 fully saturated rings. The van der Waals surface area contributed by atoms with Gasteiger partial charge in [0.25, 0.3) is 45.6 Å². The minimum Gasteiger partial charge on any atom is -0.748 e. The van der Waals surface area contributed by atoms with Crippen molar-refractivity contribution in [3.63, 3.8) is 0 Å². The highest BCUT2D eigenvalue weighted by Crippen LogP contribution is 2.45. The first-order valence-corrected chi connectivity index (χ1v) is 25.6. The molecule has 73 heavy (non-hydrogen) atoms. The highest BCUT2D eigenvalue weighted by Gasteiger charge is 2.44. The monoisotopic (exact) mass is 1060 g/mol. The first kappa shape index (κ1) is 55.2. The van der Waals surface area contributed by atoms with E-state index in [-0.39, 0.29) is 62.8 Å². The van der Waals surface area contributed by atoms with Gasteiger partial charge in [0.1, 0.15) is 12.0 Å². The molecular weight excluding hydrogens is 1000 g/mol. The van der Waals surface area contributed by atoms with Crippen LogP contribution < -0.4 is 4.57 Å². The molecule has 6 heterocycles. The third kappa shape index (κ3) is 13.3. The minimum absolute atomic E-state index is 0.00510. The third-order valence-electron chi connectivity index (χ3n) is 11.8. The Morgan fingerprint density at radius 3 is 1.90 bits per heavy atom. The number of hydrogen-bond acceptors (Lipinski definition) is 20. The number of amides is 6. The van der Waals surface area contributed by atoms with Crippen molar-refractivity contribution in [2.24, 2.45) is 15.4 Å². The number of aliphatic imine (C=N–C) groups is 2. The van der Waals surface area contributed by atoms with E-state index in [4.69, 9.17) is 29.3 Å². The molecule has 6 amide bonds. The molecule has 5 aliphatic rings. The number of amidine groups is 1. The van der Waals surface area contributed by atoms with E-state index in [0.717, 1.165) is 10.1 Å². The fourth-order valence-electron chi connectivity index (χ4n) is 7.84. The number of likely N-dealkylation sites (N-methyl/N-ethyl adjacent to an activating group) is 1. The number of hydroxylamine groups is 8. The second-order valence-electron chi connectivity index (χ2n) is 18.0. The van der Waals surface area contributed by atoms with Crippen molar-refractivity contribution in [3.8, 4) is 0 Å². The number of aryl methyl sites for hydroxylation is 1. The van der Waals surface area contributed by atoms with E-state index in [9.17, 15) is 64.3 Å².